The molecule has 2 aromatic carbocycles. The first-order valence-corrected chi connectivity index (χ1v) is 7.10. The molecule has 1 aromatic heterocycles. The van der Waals surface area contributed by atoms with Crippen molar-refractivity contribution in [1.29, 1.82) is 0 Å². The number of benzene rings is 2. The third-order valence-corrected chi connectivity index (χ3v) is 3.46. The zero-order valence-electron chi connectivity index (χ0n) is 11.8. The van der Waals surface area contributed by atoms with Gasteiger partial charge in [0.2, 0.25) is 0 Å². The van der Waals surface area contributed by atoms with E-state index < -0.39 is 4.92 Å². The minimum Gasteiger partial charge on any atom is -0.278 e. The minimum absolute atomic E-state index is 0.00409. The number of hydrogen-bond donors (Lipinski definition) is 1. The van der Waals surface area contributed by atoms with E-state index in [0.29, 0.717) is 10.6 Å². The van der Waals surface area contributed by atoms with Crippen molar-refractivity contribution in [2.45, 2.75) is 0 Å². The molecule has 0 saturated heterocycles. The van der Waals surface area contributed by atoms with Crippen molar-refractivity contribution in [1.82, 2.24) is 4.98 Å². The lowest BCUT2D eigenvalue weighted by molar-refractivity contribution is -0.385. The topological polar surface area (TPSA) is 80.4 Å². The second-order valence-electron chi connectivity index (χ2n) is 4.71. The first-order chi connectivity index (χ1) is 11.1. The number of nitro groups is 1. The van der Waals surface area contributed by atoms with Gasteiger partial charge < -0.3 is 0 Å². The highest BCUT2D eigenvalue weighted by atomic mass is 35.5. The van der Waals surface area contributed by atoms with Crippen LogP contribution in [0.1, 0.15) is 5.56 Å². The summed E-state index contributed by atoms with van der Waals surface area (Å²) < 4.78 is 0. The fourth-order valence-corrected chi connectivity index (χ4v) is 2.32. The van der Waals surface area contributed by atoms with Crippen LogP contribution in [-0.2, 0) is 0 Å². The number of rotatable bonds is 4. The van der Waals surface area contributed by atoms with Gasteiger partial charge in [-0.1, -0.05) is 23.7 Å². The number of nitrogens with zero attached hydrogens (tertiary/aromatic N) is 3. The van der Waals surface area contributed by atoms with Gasteiger partial charge in [0.05, 0.1) is 27.9 Å². The van der Waals surface area contributed by atoms with Gasteiger partial charge in [0.1, 0.15) is 0 Å². The average molecular weight is 327 g/mol. The van der Waals surface area contributed by atoms with Crippen LogP contribution in [0, 0.1) is 10.1 Å². The maximum absolute atomic E-state index is 11.0. The predicted molar refractivity (Wildman–Crippen MR) is 91.1 cm³/mol. The minimum atomic E-state index is -0.439. The summed E-state index contributed by atoms with van der Waals surface area (Å²) in [6.45, 7) is 0. The highest BCUT2D eigenvalue weighted by Gasteiger charge is 2.09. The lowest BCUT2D eigenvalue weighted by Crippen LogP contribution is -1.96. The largest absolute Gasteiger partial charge is 0.278 e. The summed E-state index contributed by atoms with van der Waals surface area (Å²) in [5.41, 5.74) is 4.79. The van der Waals surface area contributed by atoms with Crippen molar-refractivity contribution in [3.05, 3.63) is 75.4 Å². The molecule has 0 amide bonds. The Balaban J connectivity index is 1.88. The molecule has 23 heavy (non-hydrogen) atoms. The Bertz CT molecular complexity index is 911. The molecule has 0 spiro atoms. The number of para-hydroxylation sites is 1. The second-order valence-corrected chi connectivity index (χ2v) is 5.14. The lowest BCUT2D eigenvalue weighted by Gasteiger charge is -2.05. The van der Waals surface area contributed by atoms with Gasteiger partial charge in [0.25, 0.3) is 5.69 Å². The molecule has 0 atom stereocenters. The molecule has 6 nitrogen and oxygen atoms in total. The zero-order chi connectivity index (χ0) is 16.2. The van der Waals surface area contributed by atoms with E-state index in [4.69, 9.17) is 11.6 Å². The fraction of sp³-hybridized carbons (Fsp3) is 0. The van der Waals surface area contributed by atoms with Crippen molar-refractivity contribution < 1.29 is 4.92 Å². The SMILES string of the molecule is O=[N+]([O-])c1ccccc1/C=N/Nc1ccnc2cc(Cl)ccc12. The van der Waals surface area contributed by atoms with Crippen LogP contribution in [0.5, 0.6) is 0 Å². The molecule has 7 heteroatoms. The number of fused-ring (bicyclic) bond motifs is 1. The van der Waals surface area contributed by atoms with E-state index in [2.05, 4.69) is 15.5 Å². The van der Waals surface area contributed by atoms with E-state index in [1.54, 1.807) is 42.6 Å². The number of aromatic nitrogens is 1. The third-order valence-electron chi connectivity index (χ3n) is 3.23. The lowest BCUT2D eigenvalue weighted by atomic mass is 10.2. The summed E-state index contributed by atoms with van der Waals surface area (Å²) in [6.07, 6.45) is 3.06. The molecular weight excluding hydrogens is 316 g/mol. The second kappa shape index (κ2) is 6.41. The molecule has 0 radical (unpaired) electrons. The molecule has 114 valence electrons. The third kappa shape index (κ3) is 3.27. The van der Waals surface area contributed by atoms with Gasteiger partial charge in [-0.05, 0) is 30.3 Å². The van der Waals surface area contributed by atoms with Gasteiger partial charge in [-0.25, -0.2) is 0 Å². The first-order valence-electron chi connectivity index (χ1n) is 6.72. The van der Waals surface area contributed by atoms with Crippen LogP contribution in [-0.4, -0.2) is 16.1 Å². The number of hydrogen-bond acceptors (Lipinski definition) is 5. The molecule has 0 fully saturated rings. The number of halogens is 1. The molecule has 0 bridgehead atoms. The summed E-state index contributed by atoms with van der Waals surface area (Å²) in [5, 5.41) is 16.5. The maximum Gasteiger partial charge on any atom is 0.278 e. The van der Waals surface area contributed by atoms with Crippen LogP contribution in [0.4, 0.5) is 11.4 Å². The molecule has 0 aliphatic rings. The Morgan fingerprint density at radius 3 is 2.87 bits per heavy atom. The van der Waals surface area contributed by atoms with Gasteiger partial charge in [0.15, 0.2) is 0 Å². The monoisotopic (exact) mass is 326 g/mol. The fourth-order valence-electron chi connectivity index (χ4n) is 2.15. The van der Waals surface area contributed by atoms with Crippen molar-refractivity contribution in [2.24, 2.45) is 5.10 Å². The Kier molecular flexibility index (Phi) is 4.16. The van der Waals surface area contributed by atoms with Crippen molar-refractivity contribution >= 4 is 40.1 Å². The summed E-state index contributed by atoms with van der Waals surface area (Å²) in [6, 6.07) is 13.5. The van der Waals surface area contributed by atoms with E-state index in [0.717, 1.165) is 16.6 Å². The molecule has 1 heterocycles. The van der Waals surface area contributed by atoms with Crippen molar-refractivity contribution in [3.8, 4) is 0 Å². The Labute approximate surface area is 136 Å². The highest BCUT2D eigenvalue weighted by molar-refractivity contribution is 6.31. The van der Waals surface area contributed by atoms with Crippen LogP contribution in [0.25, 0.3) is 10.9 Å². The predicted octanol–water partition coefficient (Wildman–Crippen LogP) is 4.24. The molecule has 3 aromatic rings. The number of pyridine rings is 1. The number of nitro benzene ring substituents is 1. The Hall–Kier alpha value is -2.99. The Morgan fingerprint density at radius 1 is 1.22 bits per heavy atom. The van der Waals surface area contributed by atoms with Crippen LogP contribution in [0.2, 0.25) is 5.02 Å². The molecular formula is C16H11ClN4O2. The highest BCUT2D eigenvalue weighted by Crippen LogP contribution is 2.24. The quantitative estimate of drug-likeness (QED) is 0.441. The standard InChI is InChI=1S/C16H11ClN4O2/c17-12-5-6-13-14(7-8-18-15(13)9-12)20-19-10-11-3-1-2-4-16(11)21(22)23/h1-10H,(H,18,20)/b19-10+. The molecule has 0 saturated carbocycles. The van der Waals surface area contributed by atoms with Gasteiger partial charge >= 0.3 is 0 Å². The summed E-state index contributed by atoms with van der Waals surface area (Å²) in [7, 11) is 0. The number of anilines is 1. The normalized spacial score (nSPS) is 11.0. The van der Waals surface area contributed by atoms with E-state index >= 15 is 0 Å². The zero-order valence-corrected chi connectivity index (χ0v) is 12.6. The van der Waals surface area contributed by atoms with Gasteiger partial charge in [-0.3, -0.25) is 20.5 Å². The molecule has 0 unspecified atom stereocenters. The van der Waals surface area contributed by atoms with E-state index in [9.17, 15) is 10.1 Å². The van der Waals surface area contributed by atoms with Gasteiger partial charge in [-0.2, -0.15) is 5.10 Å². The summed E-state index contributed by atoms with van der Waals surface area (Å²) >= 11 is 5.95. The molecule has 0 aliphatic heterocycles. The van der Waals surface area contributed by atoms with Crippen LogP contribution < -0.4 is 5.43 Å². The summed E-state index contributed by atoms with van der Waals surface area (Å²) in [5.74, 6) is 0. The van der Waals surface area contributed by atoms with Crippen LogP contribution >= 0.6 is 11.6 Å². The van der Waals surface area contributed by atoms with E-state index in [1.165, 1.54) is 12.3 Å². The van der Waals surface area contributed by atoms with Crippen molar-refractivity contribution in [3.63, 3.8) is 0 Å². The van der Waals surface area contributed by atoms with Gasteiger partial charge in [0, 0.05) is 22.7 Å². The van der Waals surface area contributed by atoms with Crippen LogP contribution in [0.3, 0.4) is 0 Å². The summed E-state index contributed by atoms with van der Waals surface area (Å²) in [4.78, 5) is 14.8. The number of nitrogens with one attached hydrogen (secondary N) is 1. The smallest absolute Gasteiger partial charge is 0.278 e. The number of hydrazone groups is 1. The maximum atomic E-state index is 11.0. The molecule has 3 rings (SSSR count). The van der Waals surface area contributed by atoms with Gasteiger partial charge in [-0.15, -0.1) is 0 Å². The molecule has 1 N–H and O–H groups in total. The van der Waals surface area contributed by atoms with E-state index in [-0.39, 0.29) is 5.69 Å². The first kappa shape index (κ1) is 14.9. The Morgan fingerprint density at radius 2 is 2.04 bits per heavy atom. The average Bonchev–Trinajstić information content (AvgIpc) is 2.55. The van der Waals surface area contributed by atoms with Crippen LogP contribution in [0.15, 0.2) is 59.8 Å². The molecule has 0 aliphatic carbocycles. The van der Waals surface area contributed by atoms with E-state index in [1.807, 2.05) is 6.07 Å². The van der Waals surface area contributed by atoms with Crippen molar-refractivity contribution in [2.75, 3.05) is 5.43 Å².